The van der Waals surface area contributed by atoms with Crippen LogP contribution in [0.4, 0.5) is 13.2 Å². The van der Waals surface area contributed by atoms with Crippen LogP contribution in [0.3, 0.4) is 0 Å². The highest BCUT2D eigenvalue weighted by Crippen LogP contribution is 2.31. The molecule has 4 N–H and O–H groups in total. The van der Waals surface area contributed by atoms with Crippen molar-refractivity contribution in [1.82, 2.24) is 5.43 Å². The Morgan fingerprint density at radius 3 is 2.30 bits per heavy atom. The van der Waals surface area contributed by atoms with Gasteiger partial charge in [-0.3, -0.25) is 5.43 Å². The van der Waals surface area contributed by atoms with E-state index in [1.165, 1.54) is 24.4 Å². The van der Waals surface area contributed by atoms with Crippen molar-refractivity contribution in [3.8, 4) is 16.9 Å². The number of nitrogens with two attached hydrogens (primary N) is 1. The number of hydrazone groups is 1. The minimum absolute atomic E-state index is 0.0281. The van der Waals surface area contributed by atoms with Gasteiger partial charge in [0, 0.05) is 5.56 Å². The van der Waals surface area contributed by atoms with Gasteiger partial charge in [-0.1, -0.05) is 18.2 Å². The van der Waals surface area contributed by atoms with E-state index in [0.29, 0.717) is 16.7 Å². The first-order valence-corrected chi connectivity index (χ1v) is 6.77. The van der Waals surface area contributed by atoms with E-state index in [4.69, 9.17) is 5.73 Å². The minimum atomic E-state index is -4.38. The van der Waals surface area contributed by atoms with Crippen LogP contribution in [0.15, 0.2) is 47.6 Å². The summed E-state index contributed by atoms with van der Waals surface area (Å²) < 4.78 is 37.7. The van der Waals surface area contributed by atoms with Gasteiger partial charge in [0.25, 0.3) is 0 Å². The van der Waals surface area contributed by atoms with Crippen LogP contribution in [0.25, 0.3) is 11.1 Å². The monoisotopic (exact) mass is 339 g/mol. The Balaban J connectivity index is 2.30. The summed E-state index contributed by atoms with van der Waals surface area (Å²) in [4.78, 5) is 0. The van der Waals surface area contributed by atoms with Crippen LogP contribution < -0.4 is 11.2 Å². The lowest BCUT2D eigenvalue weighted by molar-refractivity contribution is -0.137. The van der Waals surface area contributed by atoms with E-state index >= 15 is 0 Å². The standard InChI is InChI=1S/C15H12F3N3OS/c16-15(17,18)12-4-1-9(2-5-12)10-3-6-13(22)11(7-10)8-20-21-14(19)23/h1-8,22H,(H3,19,21,23). The number of aromatic hydroxyl groups is 1. The summed E-state index contributed by atoms with van der Waals surface area (Å²) in [6.45, 7) is 0. The second kappa shape index (κ2) is 6.66. The molecule has 0 saturated carbocycles. The number of nitrogens with one attached hydrogen (secondary N) is 1. The average Bonchev–Trinajstić information content (AvgIpc) is 2.48. The first-order chi connectivity index (χ1) is 10.8. The van der Waals surface area contributed by atoms with E-state index in [9.17, 15) is 18.3 Å². The first kappa shape index (κ1) is 16.8. The SMILES string of the molecule is NC(=S)NN=Cc1cc(-c2ccc(C(F)(F)F)cc2)ccc1O. The third-order valence-corrected chi connectivity index (χ3v) is 3.04. The summed E-state index contributed by atoms with van der Waals surface area (Å²) in [6, 6.07) is 9.34. The molecule has 2 aromatic rings. The Hall–Kier alpha value is -2.61. The summed E-state index contributed by atoms with van der Waals surface area (Å²) in [5.74, 6) is -0.0332. The number of alkyl halides is 3. The number of phenols is 1. The maximum atomic E-state index is 12.6. The third-order valence-electron chi connectivity index (χ3n) is 2.95. The molecule has 0 aliphatic carbocycles. The van der Waals surface area contributed by atoms with E-state index in [0.717, 1.165) is 12.1 Å². The van der Waals surface area contributed by atoms with Crippen molar-refractivity contribution in [2.75, 3.05) is 0 Å². The van der Waals surface area contributed by atoms with Crippen LogP contribution in [-0.4, -0.2) is 16.4 Å². The summed E-state index contributed by atoms with van der Waals surface area (Å²) in [6.07, 6.45) is -3.07. The van der Waals surface area contributed by atoms with Gasteiger partial charge < -0.3 is 10.8 Å². The molecule has 0 radical (unpaired) electrons. The molecule has 120 valence electrons. The van der Waals surface area contributed by atoms with Gasteiger partial charge in [-0.05, 0) is 47.6 Å². The predicted octanol–water partition coefficient (Wildman–Crippen LogP) is 3.25. The number of rotatable bonds is 3. The maximum Gasteiger partial charge on any atom is 0.416 e. The number of phenolic OH excluding ortho intramolecular Hbond substituents is 1. The Bertz CT molecular complexity index is 743. The molecular formula is C15H12F3N3OS. The molecule has 0 aliphatic rings. The summed E-state index contributed by atoms with van der Waals surface area (Å²) in [5, 5.41) is 13.5. The number of thiocarbonyl (C=S) groups is 1. The molecule has 2 rings (SSSR count). The van der Waals surface area contributed by atoms with Crippen LogP contribution in [-0.2, 0) is 6.18 Å². The van der Waals surface area contributed by atoms with Crippen molar-refractivity contribution >= 4 is 23.5 Å². The lowest BCUT2D eigenvalue weighted by atomic mass is 10.0. The Morgan fingerprint density at radius 2 is 1.74 bits per heavy atom. The molecule has 0 aromatic heterocycles. The number of halogens is 3. The van der Waals surface area contributed by atoms with Gasteiger partial charge in [0.1, 0.15) is 5.75 Å². The minimum Gasteiger partial charge on any atom is -0.507 e. The highest BCUT2D eigenvalue weighted by molar-refractivity contribution is 7.80. The summed E-state index contributed by atoms with van der Waals surface area (Å²) in [5.41, 5.74) is 8.42. The van der Waals surface area contributed by atoms with Gasteiger partial charge in [0.05, 0.1) is 11.8 Å². The number of benzene rings is 2. The third kappa shape index (κ3) is 4.43. The number of nitrogens with zero attached hydrogens (tertiary/aromatic N) is 1. The first-order valence-electron chi connectivity index (χ1n) is 6.36. The van der Waals surface area contributed by atoms with E-state index < -0.39 is 11.7 Å². The molecule has 0 unspecified atom stereocenters. The van der Waals surface area contributed by atoms with E-state index in [1.54, 1.807) is 12.1 Å². The zero-order chi connectivity index (χ0) is 17.0. The fraction of sp³-hybridized carbons (Fsp3) is 0.0667. The van der Waals surface area contributed by atoms with Crippen LogP contribution >= 0.6 is 12.2 Å². The number of hydrogen-bond acceptors (Lipinski definition) is 3. The van der Waals surface area contributed by atoms with E-state index in [2.05, 4.69) is 22.7 Å². The lowest BCUT2D eigenvalue weighted by Gasteiger charge is -2.09. The van der Waals surface area contributed by atoms with Crippen molar-refractivity contribution < 1.29 is 18.3 Å². The van der Waals surface area contributed by atoms with Crippen LogP contribution in [0.1, 0.15) is 11.1 Å². The molecule has 0 saturated heterocycles. The Kier molecular flexibility index (Phi) is 4.85. The topological polar surface area (TPSA) is 70.6 Å². The highest BCUT2D eigenvalue weighted by atomic mass is 32.1. The molecule has 23 heavy (non-hydrogen) atoms. The van der Waals surface area contributed by atoms with Gasteiger partial charge in [0.15, 0.2) is 5.11 Å². The quantitative estimate of drug-likeness (QED) is 0.456. The zero-order valence-corrected chi connectivity index (χ0v) is 12.4. The largest absolute Gasteiger partial charge is 0.507 e. The molecule has 0 heterocycles. The fourth-order valence-electron chi connectivity index (χ4n) is 1.85. The van der Waals surface area contributed by atoms with Crippen molar-refractivity contribution in [3.05, 3.63) is 53.6 Å². The molecule has 0 bridgehead atoms. The predicted molar refractivity (Wildman–Crippen MR) is 86.1 cm³/mol. The van der Waals surface area contributed by atoms with E-state index in [1.807, 2.05) is 0 Å². The second-order valence-electron chi connectivity index (χ2n) is 4.58. The van der Waals surface area contributed by atoms with Gasteiger partial charge >= 0.3 is 6.18 Å². The molecule has 4 nitrogen and oxygen atoms in total. The second-order valence-corrected chi connectivity index (χ2v) is 5.02. The van der Waals surface area contributed by atoms with Crippen LogP contribution in [0.2, 0.25) is 0 Å². The molecule has 0 fully saturated rings. The zero-order valence-electron chi connectivity index (χ0n) is 11.6. The fourth-order valence-corrected chi connectivity index (χ4v) is 1.91. The maximum absolute atomic E-state index is 12.6. The van der Waals surface area contributed by atoms with E-state index in [-0.39, 0.29) is 10.9 Å². The van der Waals surface area contributed by atoms with Crippen LogP contribution in [0.5, 0.6) is 5.75 Å². The Morgan fingerprint density at radius 1 is 1.13 bits per heavy atom. The van der Waals surface area contributed by atoms with Crippen molar-refractivity contribution in [1.29, 1.82) is 0 Å². The van der Waals surface area contributed by atoms with Crippen LogP contribution in [0, 0.1) is 0 Å². The van der Waals surface area contributed by atoms with Gasteiger partial charge in [0.2, 0.25) is 0 Å². The van der Waals surface area contributed by atoms with Gasteiger partial charge in [-0.25, -0.2) is 0 Å². The molecule has 0 aliphatic heterocycles. The molecule has 0 amide bonds. The van der Waals surface area contributed by atoms with Crippen molar-refractivity contribution in [3.63, 3.8) is 0 Å². The summed E-state index contributed by atoms with van der Waals surface area (Å²) in [7, 11) is 0. The van der Waals surface area contributed by atoms with Crippen molar-refractivity contribution in [2.45, 2.75) is 6.18 Å². The smallest absolute Gasteiger partial charge is 0.416 e. The summed E-state index contributed by atoms with van der Waals surface area (Å²) >= 11 is 4.59. The Labute approximate surface area is 135 Å². The average molecular weight is 339 g/mol. The highest BCUT2D eigenvalue weighted by Gasteiger charge is 2.29. The molecular weight excluding hydrogens is 327 g/mol. The number of hydrogen-bond donors (Lipinski definition) is 3. The van der Waals surface area contributed by atoms with Crippen molar-refractivity contribution in [2.24, 2.45) is 10.8 Å². The van der Waals surface area contributed by atoms with Gasteiger partial charge in [-0.15, -0.1) is 0 Å². The molecule has 0 atom stereocenters. The van der Waals surface area contributed by atoms with Gasteiger partial charge in [-0.2, -0.15) is 18.3 Å². The molecule has 2 aromatic carbocycles. The molecule has 8 heteroatoms. The molecule has 0 spiro atoms. The normalized spacial score (nSPS) is 11.6. The lowest BCUT2D eigenvalue weighted by Crippen LogP contribution is -2.23.